The van der Waals surface area contributed by atoms with Crippen LogP contribution >= 0.6 is 0 Å². The van der Waals surface area contributed by atoms with Crippen molar-refractivity contribution >= 4 is 5.91 Å². The van der Waals surface area contributed by atoms with Gasteiger partial charge in [-0.05, 0) is 32.5 Å². The van der Waals surface area contributed by atoms with Gasteiger partial charge in [-0.1, -0.05) is 25.1 Å². The van der Waals surface area contributed by atoms with Crippen molar-refractivity contribution in [3.63, 3.8) is 0 Å². The van der Waals surface area contributed by atoms with Crippen LogP contribution in [0.2, 0.25) is 0 Å². The molecule has 5 nitrogen and oxygen atoms in total. The maximum Gasteiger partial charge on any atom is 0.237 e. The number of para-hydroxylation sites is 1. The summed E-state index contributed by atoms with van der Waals surface area (Å²) in [5.74, 6) is 0.936. The number of benzene rings is 1. The second-order valence-electron chi connectivity index (χ2n) is 6.22. The lowest BCUT2D eigenvalue weighted by Crippen LogP contribution is -2.53. The number of carbonyl (C=O) groups excluding carboxylic acids is 1. The van der Waals surface area contributed by atoms with Gasteiger partial charge < -0.3 is 15.0 Å². The smallest absolute Gasteiger partial charge is 0.237 e. The first-order valence-corrected chi connectivity index (χ1v) is 8.52. The van der Waals surface area contributed by atoms with E-state index in [1.807, 2.05) is 37.3 Å². The summed E-state index contributed by atoms with van der Waals surface area (Å²) in [7, 11) is 2.12. The van der Waals surface area contributed by atoms with Gasteiger partial charge in [0, 0.05) is 26.2 Å². The van der Waals surface area contributed by atoms with Crippen LogP contribution in [0.15, 0.2) is 30.3 Å². The van der Waals surface area contributed by atoms with Crippen LogP contribution in [0, 0.1) is 0 Å². The molecule has 1 aliphatic heterocycles. The molecule has 1 amide bonds. The summed E-state index contributed by atoms with van der Waals surface area (Å²) in [4.78, 5) is 16.9. The van der Waals surface area contributed by atoms with Gasteiger partial charge in [0.25, 0.3) is 0 Å². The minimum absolute atomic E-state index is 0.000962. The number of amides is 1. The fourth-order valence-corrected chi connectivity index (χ4v) is 2.70. The second-order valence-corrected chi connectivity index (χ2v) is 6.22. The maximum absolute atomic E-state index is 12.4. The summed E-state index contributed by atoms with van der Waals surface area (Å²) in [6.07, 6.45) is 0.860. The predicted molar refractivity (Wildman–Crippen MR) is 92.7 cm³/mol. The Labute approximate surface area is 139 Å². The average Bonchev–Trinajstić information content (AvgIpc) is 2.59. The molecule has 0 aromatic heterocycles. The van der Waals surface area contributed by atoms with Crippen LogP contribution in [0.5, 0.6) is 5.75 Å². The van der Waals surface area contributed by atoms with Crippen LogP contribution in [0.4, 0.5) is 0 Å². The first-order valence-electron chi connectivity index (χ1n) is 8.52. The third kappa shape index (κ3) is 5.52. The Bertz CT molecular complexity index is 472. The number of rotatable bonds is 7. The highest BCUT2D eigenvalue weighted by atomic mass is 16.5. The van der Waals surface area contributed by atoms with Crippen molar-refractivity contribution in [1.29, 1.82) is 0 Å². The van der Waals surface area contributed by atoms with Gasteiger partial charge in [0.1, 0.15) is 11.9 Å². The van der Waals surface area contributed by atoms with Gasteiger partial charge in [-0.3, -0.25) is 9.69 Å². The SMILES string of the molecule is CC[C@H](CNC(=O)[C@@H](C)N1CCN(C)CC1)Oc1ccccc1. The fraction of sp³-hybridized carbons (Fsp3) is 0.611. The van der Waals surface area contributed by atoms with Crippen molar-refractivity contribution in [3.8, 4) is 5.75 Å². The Hall–Kier alpha value is -1.59. The van der Waals surface area contributed by atoms with Crippen molar-refractivity contribution in [2.75, 3.05) is 39.8 Å². The topological polar surface area (TPSA) is 44.8 Å². The van der Waals surface area contributed by atoms with E-state index < -0.39 is 0 Å². The summed E-state index contributed by atoms with van der Waals surface area (Å²) in [6.45, 7) is 8.54. The van der Waals surface area contributed by atoms with E-state index in [0.717, 1.165) is 38.3 Å². The monoisotopic (exact) mass is 319 g/mol. The van der Waals surface area contributed by atoms with Gasteiger partial charge in [-0.25, -0.2) is 0 Å². The molecule has 0 bridgehead atoms. The summed E-state index contributed by atoms with van der Waals surface area (Å²) in [6, 6.07) is 9.67. The summed E-state index contributed by atoms with van der Waals surface area (Å²) in [5, 5.41) is 3.04. The average molecular weight is 319 g/mol. The number of hydrogen-bond donors (Lipinski definition) is 1. The van der Waals surface area contributed by atoms with Crippen molar-refractivity contribution in [1.82, 2.24) is 15.1 Å². The molecule has 0 unspecified atom stereocenters. The van der Waals surface area contributed by atoms with E-state index in [-0.39, 0.29) is 18.1 Å². The molecule has 1 fully saturated rings. The van der Waals surface area contributed by atoms with Crippen molar-refractivity contribution in [2.45, 2.75) is 32.4 Å². The van der Waals surface area contributed by atoms with E-state index in [0.29, 0.717) is 6.54 Å². The normalized spacial score (nSPS) is 19.1. The third-order valence-electron chi connectivity index (χ3n) is 4.47. The van der Waals surface area contributed by atoms with Gasteiger partial charge in [0.2, 0.25) is 5.91 Å². The molecule has 23 heavy (non-hydrogen) atoms. The zero-order valence-electron chi connectivity index (χ0n) is 14.5. The molecule has 1 aromatic carbocycles. The number of carbonyl (C=O) groups is 1. The first-order chi connectivity index (χ1) is 11.1. The Morgan fingerprint density at radius 3 is 2.48 bits per heavy atom. The Kier molecular flexibility index (Phi) is 6.86. The number of likely N-dealkylation sites (N-methyl/N-ethyl adjacent to an activating group) is 1. The van der Waals surface area contributed by atoms with E-state index in [1.54, 1.807) is 0 Å². The fourth-order valence-electron chi connectivity index (χ4n) is 2.70. The van der Waals surface area contributed by atoms with Crippen molar-refractivity contribution in [2.24, 2.45) is 0 Å². The van der Waals surface area contributed by atoms with Gasteiger partial charge >= 0.3 is 0 Å². The van der Waals surface area contributed by atoms with Crippen LogP contribution in [0.3, 0.4) is 0 Å². The van der Waals surface area contributed by atoms with Crippen molar-refractivity contribution in [3.05, 3.63) is 30.3 Å². The Morgan fingerprint density at radius 2 is 1.87 bits per heavy atom. The molecule has 5 heteroatoms. The quantitative estimate of drug-likeness (QED) is 0.829. The number of nitrogens with one attached hydrogen (secondary N) is 1. The molecule has 1 aromatic rings. The zero-order valence-corrected chi connectivity index (χ0v) is 14.5. The molecule has 2 rings (SSSR count). The van der Waals surface area contributed by atoms with E-state index in [4.69, 9.17) is 4.74 Å². The summed E-state index contributed by atoms with van der Waals surface area (Å²) >= 11 is 0. The third-order valence-corrected chi connectivity index (χ3v) is 4.47. The van der Waals surface area contributed by atoms with Crippen LogP contribution in [-0.4, -0.2) is 67.6 Å². The lowest BCUT2D eigenvalue weighted by Gasteiger charge is -2.35. The molecule has 1 N–H and O–H groups in total. The lowest BCUT2D eigenvalue weighted by atomic mass is 10.2. The first kappa shape index (κ1) is 17.8. The van der Waals surface area contributed by atoms with Gasteiger partial charge in [0.05, 0.1) is 12.6 Å². The molecular weight excluding hydrogens is 290 g/mol. The zero-order chi connectivity index (χ0) is 16.7. The Morgan fingerprint density at radius 1 is 1.22 bits per heavy atom. The highest BCUT2D eigenvalue weighted by molar-refractivity contribution is 5.81. The molecule has 1 aliphatic rings. The van der Waals surface area contributed by atoms with E-state index in [1.165, 1.54) is 0 Å². The predicted octanol–water partition coefficient (Wildman–Crippen LogP) is 1.60. The Balaban J connectivity index is 1.77. The second kappa shape index (κ2) is 8.89. The highest BCUT2D eigenvalue weighted by Gasteiger charge is 2.24. The van der Waals surface area contributed by atoms with Gasteiger partial charge in [-0.2, -0.15) is 0 Å². The van der Waals surface area contributed by atoms with Crippen molar-refractivity contribution < 1.29 is 9.53 Å². The number of ether oxygens (including phenoxy) is 1. The highest BCUT2D eigenvalue weighted by Crippen LogP contribution is 2.12. The lowest BCUT2D eigenvalue weighted by molar-refractivity contribution is -0.126. The standard InChI is InChI=1S/C18H29N3O2/c1-4-16(23-17-8-6-5-7-9-17)14-19-18(22)15(2)21-12-10-20(3)11-13-21/h5-9,15-16H,4,10-14H2,1-3H3,(H,19,22)/t15-,16-/m1/s1. The molecule has 0 spiro atoms. The summed E-state index contributed by atoms with van der Waals surface area (Å²) in [5.41, 5.74) is 0. The molecule has 0 radical (unpaired) electrons. The molecule has 1 saturated heterocycles. The van der Waals surface area contributed by atoms with E-state index >= 15 is 0 Å². The number of nitrogens with zero attached hydrogens (tertiary/aromatic N) is 2. The van der Waals surface area contributed by atoms with E-state index in [9.17, 15) is 4.79 Å². The molecule has 0 aliphatic carbocycles. The van der Waals surface area contributed by atoms with Crippen LogP contribution in [0.25, 0.3) is 0 Å². The summed E-state index contributed by atoms with van der Waals surface area (Å²) < 4.78 is 5.92. The molecular formula is C18H29N3O2. The molecule has 1 heterocycles. The van der Waals surface area contributed by atoms with Crippen LogP contribution in [0.1, 0.15) is 20.3 Å². The van der Waals surface area contributed by atoms with Gasteiger partial charge in [0.15, 0.2) is 0 Å². The minimum Gasteiger partial charge on any atom is -0.489 e. The number of piperazine rings is 1. The van der Waals surface area contributed by atoms with Crippen LogP contribution in [-0.2, 0) is 4.79 Å². The molecule has 2 atom stereocenters. The van der Waals surface area contributed by atoms with Gasteiger partial charge in [-0.15, -0.1) is 0 Å². The number of hydrogen-bond acceptors (Lipinski definition) is 4. The molecule has 0 saturated carbocycles. The van der Waals surface area contributed by atoms with Crippen LogP contribution < -0.4 is 10.1 Å². The molecule has 128 valence electrons. The minimum atomic E-state index is -0.0852. The van der Waals surface area contributed by atoms with E-state index in [2.05, 4.69) is 29.1 Å². The maximum atomic E-state index is 12.4. The largest absolute Gasteiger partial charge is 0.489 e.